The minimum Gasteiger partial charge on any atom is -0.496 e. The second-order valence-electron chi connectivity index (χ2n) is 6.04. The van der Waals surface area contributed by atoms with E-state index in [4.69, 9.17) is 10.5 Å². The van der Waals surface area contributed by atoms with Crippen molar-refractivity contribution in [1.29, 1.82) is 0 Å². The molecule has 21 heavy (non-hydrogen) atoms. The van der Waals surface area contributed by atoms with Crippen molar-refractivity contribution in [2.75, 3.05) is 20.7 Å². The fourth-order valence-electron chi connectivity index (χ4n) is 3.59. The largest absolute Gasteiger partial charge is 0.496 e. The minimum atomic E-state index is -0.200. The molecule has 2 rings (SSSR count). The third-order valence-corrected chi connectivity index (χ3v) is 4.96. The summed E-state index contributed by atoms with van der Waals surface area (Å²) in [6.07, 6.45) is 4.79. The Morgan fingerprint density at radius 3 is 2.76 bits per heavy atom. The zero-order valence-electron chi connectivity index (χ0n) is 13.3. The average Bonchev–Trinajstić information content (AvgIpc) is 2.53. The van der Waals surface area contributed by atoms with Gasteiger partial charge in [-0.05, 0) is 51.4 Å². The van der Waals surface area contributed by atoms with Crippen molar-refractivity contribution in [2.45, 2.75) is 44.7 Å². The van der Waals surface area contributed by atoms with Crippen molar-refractivity contribution in [2.24, 2.45) is 11.7 Å². The van der Waals surface area contributed by atoms with Crippen LogP contribution in [0.2, 0.25) is 0 Å². The van der Waals surface area contributed by atoms with Crippen LogP contribution in [0.4, 0.5) is 4.39 Å². The maximum Gasteiger partial charge on any atom is 0.131 e. The molecule has 3 nitrogen and oxygen atoms in total. The maximum absolute atomic E-state index is 14.3. The third-order valence-electron chi connectivity index (χ3n) is 4.96. The van der Waals surface area contributed by atoms with E-state index in [1.54, 1.807) is 13.2 Å². The van der Waals surface area contributed by atoms with E-state index in [2.05, 4.69) is 11.9 Å². The van der Waals surface area contributed by atoms with Gasteiger partial charge in [-0.25, -0.2) is 4.39 Å². The maximum atomic E-state index is 14.3. The fourth-order valence-corrected chi connectivity index (χ4v) is 3.59. The number of hydrogen-bond donors (Lipinski definition) is 1. The Morgan fingerprint density at radius 1 is 1.38 bits per heavy atom. The highest BCUT2D eigenvalue weighted by Gasteiger charge is 2.31. The van der Waals surface area contributed by atoms with Crippen molar-refractivity contribution >= 4 is 0 Å². The van der Waals surface area contributed by atoms with Crippen LogP contribution in [0, 0.1) is 11.7 Å². The summed E-state index contributed by atoms with van der Waals surface area (Å²) in [6.45, 7) is 2.75. The van der Waals surface area contributed by atoms with Crippen LogP contribution < -0.4 is 10.5 Å². The van der Waals surface area contributed by atoms with E-state index < -0.39 is 0 Å². The molecule has 1 aromatic rings. The minimum absolute atomic E-state index is 0.0294. The van der Waals surface area contributed by atoms with Gasteiger partial charge < -0.3 is 10.5 Å². The number of halogens is 1. The summed E-state index contributed by atoms with van der Waals surface area (Å²) in [5, 5.41) is 0. The van der Waals surface area contributed by atoms with Crippen LogP contribution in [-0.2, 0) is 0 Å². The molecule has 1 aliphatic rings. The second-order valence-corrected chi connectivity index (χ2v) is 6.04. The van der Waals surface area contributed by atoms with E-state index in [0.29, 0.717) is 29.8 Å². The Balaban J connectivity index is 2.24. The molecule has 0 spiro atoms. The standard InChI is InChI=1S/C17H27FN2O/c1-12(17-14(18)8-6-10-16(17)21-3)20(2)15-9-5-4-7-13(15)11-19/h6,8,10,12-13,15H,4-5,7,9,11,19H2,1-3H3. The number of nitrogens with two attached hydrogens (primary N) is 1. The number of rotatable bonds is 5. The number of hydrogen-bond acceptors (Lipinski definition) is 3. The molecule has 0 radical (unpaired) electrons. The first kappa shape index (κ1) is 16.2. The molecule has 0 saturated heterocycles. The van der Waals surface area contributed by atoms with Crippen molar-refractivity contribution < 1.29 is 9.13 Å². The molecule has 1 aromatic carbocycles. The van der Waals surface area contributed by atoms with E-state index in [1.165, 1.54) is 25.3 Å². The van der Waals surface area contributed by atoms with E-state index in [0.717, 1.165) is 6.42 Å². The van der Waals surface area contributed by atoms with Crippen LogP contribution in [-0.4, -0.2) is 31.6 Å². The van der Waals surface area contributed by atoms with Gasteiger partial charge >= 0.3 is 0 Å². The predicted molar refractivity (Wildman–Crippen MR) is 83.9 cm³/mol. The Bertz CT molecular complexity index is 466. The average molecular weight is 294 g/mol. The van der Waals surface area contributed by atoms with Gasteiger partial charge in [0.1, 0.15) is 11.6 Å². The zero-order chi connectivity index (χ0) is 15.4. The Labute approximate surface area is 127 Å². The third kappa shape index (κ3) is 3.38. The molecule has 118 valence electrons. The molecule has 1 aliphatic carbocycles. The molecule has 1 saturated carbocycles. The highest BCUT2D eigenvalue weighted by Crippen LogP contribution is 2.36. The molecule has 0 amide bonds. The van der Waals surface area contributed by atoms with Gasteiger partial charge in [0.2, 0.25) is 0 Å². The molecular formula is C17H27FN2O. The predicted octanol–water partition coefficient (Wildman–Crippen LogP) is 3.34. The number of nitrogens with zero attached hydrogens (tertiary/aromatic N) is 1. The van der Waals surface area contributed by atoms with Gasteiger partial charge in [-0.15, -0.1) is 0 Å². The lowest BCUT2D eigenvalue weighted by Crippen LogP contribution is -2.44. The van der Waals surface area contributed by atoms with Crippen molar-refractivity contribution in [3.05, 3.63) is 29.6 Å². The lowest BCUT2D eigenvalue weighted by atomic mass is 9.83. The van der Waals surface area contributed by atoms with Gasteiger partial charge in [0.15, 0.2) is 0 Å². The Morgan fingerprint density at radius 2 is 2.10 bits per heavy atom. The molecule has 2 N–H and O–H groups in total. The summed E-state index contributed by atoms with van der Waals surface area (Å²) in [7, 11) is 3.67. The van der Waals surface area contributed by atoms with E-state index in [9.17, 15) is 4.39 Å². The highest BCUT2D eigenvalue weighted by molar-refractivity contribution is 5.37. The van der Waals surface area contributed by atoms with Gasteiger partial charge in [-0.3, -0.25) is 4.90 Å². The van der Waals surface area contributed by atoms with Crippen LogP contribution in [0.15, 0.2) is 18.2 Å². The number of ether oxygens (including phenoxy) is 1. The first-order chi connectivity index (χ1) is 10.1. The van der Waals surface area contributed by atoms with Crippen LogP contribution in [0.25, 0.3) is 0 Å². The van der Waals surface area contributed by atoms with Crippen LogP contribution in [0.5, 0.6) is 5.75 Å². The Kier molecular flexibility index (Phi) is 5.59. The smallest absolute Gasteiger partial charge is 0.131 e. The zero-order valence-corrected chi connectivity index (χ0v) is 13.3. The lowest BCUT2D eigenvalue weighted by molar-refractivity contribution is 0.0961. The molecule has 4 heteroatoms. The monoisotopic (exact) mass is 294 g/mol. The van der Waals surface area contributed by atoms with Crippen molar-refractivity contribution in [1.82, 2.24) is 4.90 Å². The normalized spacial score (nSPS) is 24.1. The summed E-state index contributed by atoms with van der Waals surface area (Å²) in [4.78, 5) is 2.28. The lowest BCUT2D eigenvalue weighted by Gasteiger charge is -2.41. The summed E-state index contributed by atoms with van der Waals surface area (Å²) in [6, 6.07) is 5.41. The van der Waals surface area contributed by atoms with Gasteiger partial charge in [-0.1, -0.05) is 18.9 Å². The SMILES string of the molecule is COc1cccc(F)c1C(C)N(C)C1CCCCC1CN. The highest BCUT2D eigenvalue weighted by atomic mass is 19.1. The molecular weight excluding hydrogens is 267 g/mol. The van der Waals surface area contributed by atoms with Gasteiger partial charge in [0.05, 0.1) is 7.11 Å². The van der Waals surface area contributed by atoms with Crippen LogP contribution >= 0.6 is 0 Å². The molecule has 1 fully saturated rings. The number of methoxy groups -OCH3 is 1. The summed E-state index contributed by atoms with van der Waals surface area (Å²) in [5.74, 6) is 0.923. The van der Waals surface area contributed by atoms with Gasteiger partial charge in [0.25, 0.3) is 0 Å². The van der Waals surface area contributed by atoms with E-state index in [-0.39, 0.29) is 11.9 Å². The summed E-state index contributed by atoms with van der Waals surface area (Å²) >= 11 is 0. The molecule has 0 bridgehead atoms. The van der Waals surface area contributed by atoms with Crippen LogP contribution in [0.3, 0.4) is 0 Å². The topological polar surface area (TPSA) is 38.5 Å². The number of benzene rings is 1. The summed E-state index contributed by atoms with van der Waals surface area (Å²) in [5.41, 5.74) is 6.57. The van der Waals surface area contributed by atoms with Gasteiger partial charge in [0, 0.05) is 17.6 Å². The molecule has 0 heterocycles. The molecule has 0 aromatic heterocycles. The molecule has 3 atom stereocenters. The Hall–Kier alpha value is -1.13. The first-order valence-electron chi connectivity index (χ1n) is 7.84. The fraction of sp³-hybridized carbons (Fsp3) is 0.647. The second kappa shape index (κ2) is 7.23. The summed E-state index contributed by atoms with van der Waals surface area (Å²) < 4.78 is 19.6. The quantitative estimate of drug-likeness (QED) is 0.905. The van der Waals surface area contributed by atoms with E-state index in [1.807, 2.05) is 13.0 Å². The van der Waals surface area contributed by atoms with Crippen molar-refractivity contribution in [3.63, 3.8) is 0 Å². The van der Waals surface area contributed by atoms with Crippen LogP contribution in [0.1, 0.15) is 44.2 Å². The van der Waals surface area contributed by atoms with Crippen molar-refractivity contribution in [3.8, 4) is 5.75 Å². The molecule has 3 unspecified atom stereocenters. The van der Waals surface area contributed by atoms with Gasteiger partial charge in [-0.2, -0.15) is 0 Å². The van der Waals surface area contributed by atoms with E-state index >= 15 is 0 Å². The first-order valence-corrected chi connectivity index (χ1v) is 7.84. The molecule has 0 aliphatic heterocycles.